The zero-order chi connectivity index (χ0) is 18.2. The Bertz CT molecular complexity index is 322. The minimum atomic E-state index is 0.610. The van der Waals surface area contributed by atoms with Gasteiger partial charge in [-0.1, -0.05) is 58.8 Å². The lowest BCUT2D eigenvalue weighted by Gasteiger charge is -2.42. The second kappa shape index (κ2) is 11.1. The maximum absolute atomic E-state index is 3.86. The summed E-state index contributed by atoms with van der Waals surface area (Å²) < 4.78 is 0. The average molecular weight is 363 g/mol. The second-order valence-corrected chi connectivity index (χ2v) is 9.90. The highest BCUT2D eigenvalue weighted by atomic mass is 15.2. The van der Waals surface area contributed by atoms with Crippen molar-refractivity contribution < 1.29 is 0 Å². The van der Waals surface area contributed by atoms with Gasteiger partial charge in [-0.05, 0) is 74.5 Å². The maximum Gasteiger partial charge on any atom is 0.0600 e. The Hall–Kier alpha value is -0.0800. The van der Waals surface area contributed by atoms with E-state index in [4.69, 9.17) is 0 Å². The van der Waals surface area contributed by atoms with E-state index in [2.05, 4.69) is 24.5 Å². The fourth-order valence-corrected chi connectivity index (χ4v) is 6.15. The Balaban J connectivity index is 1.32. The number of unbranched alkanes of at least 4 members (excludes halogenated alkanes) is 2. The number of hydrogen-bond acceptors (Lipinski definition) is 2. The maximum atomic E-state index is 3.86. The Labute approximate surface area is 163 Å². The molecule has 0 bridgehead atoms. The molecule has 2 saturated carbocycles. The van der Waals surface area contributed by atoms with Crippen LogP contribution in [0.25, 0.3) is 0 Å². The lowest BCUT2D eigenvalue weighted by Crippen LogP contribution is -2.56. The molecule has 2 heteroatoms. The van der Waals surface area contributed by atoms with Crippen LogP contribution in [0.3, 0.4) is 0 Å². The van der Waals surface area contributed by atoms with Crippen LogP contribution in [-0.4, -0.2) is 19.3 Å². The van der Waals surface area contributed by atoms with Crippen molar-refractivity contribution in [3.8, 4) is 0 Å². The third-order valence-corrected chi connectivity index (χ3v) is 8.03. The minimum Gasteiger partial charge on any atom is -0.301 e. The van der Waals surface area contributed by atoms with Gasteiger partial charge in [0.25, 0.3) is 0 Å². The van der Waals surface area contributed by atoms with Crippen LogP contribution in [0, 0.1) is 29.6 Å². The fourth-order valence-electron chi connectivity index (χ4n) is 6.15. The second-order valence-electron chi connectivity index (χ2n) is 9.90. The largest absolute Gasteiger partial charge is 0.301 e. The molecule has 2 aliphatic carbocycles. The van der Waals surface area contributed by atoms with Crippen LogP contribution in [0.15, 0.2) is 0 Å². The molecule has 0 spiro atoms. The molecular formula is C24H46N2. The SMILES string of the molecule is CCCCC1CCC(C2CCC(C3NCC(CCCC)CN3)CC2)CC1. The van der Waals surface area contributed by atoms with E-state index in [0.717, 1.165) is 29.6 Å². The molecule has 0 aromatic heterocycles. The molecule has 0 aromatic rings. The van der Waals surface area contributed by atoms with Crippen molar-refractivity contribution >= 4 is 0 Å². The molecule has 0 unspecified atom stereocenters. The Morgan fingerprint density at radius 2 is 1.04 bits per heavy atom. The summed E-state index contributed by atoms with van der Waals surface area (Å²) >= 11 is 0. The fraction of sp³-hybridized carbons (Fsp3) is 1.00. The lowest BCUT2D eigenvalue weighted by molar-refractivity contribution is 0.112. The van der Waals surface area contributed by atoms with Crippen LogP contribution < -0.4 is 10.6 Å². The van der Waals surface area contributed by atoms with Crippen molar-refractivity contribution in [2.45, 2.75) is 110 Å². The molecule has 1 heterocycles. The third kappa shape index (κ3) is 5.96. The Kier molecular flexibility index (Phi) is 8.78. The first-order chi connectivity index (χ1) is 12.8. The zero-order valence-corrected chi connectivity index (χ0v) is 17.8. The summed E-state index contributed by atoms with van der Waals surface area (Å²) in [6, 6.07) is 0. The number of nitrogens with one attached hydrogen (secondary N) is 2. The van der Waals surface area contributed by atoms with Crippen molar-refractivity contribution in [2.24, 2.45) is 29.6 Å². The van der Waals surface area contributed by atoms with Crippen LogP contribution in [0.1, 0.15) is 104 Å². The topological polar surface area (TPSA) is 24.1 Å². The monoisotopic (exact) mass is 362 g/mol. The normalized spacial score (nSPS) is 39.0. The highest BCUT2D eigenvalue weighted by Crippen LogP contribution is 2.42. The van der Waals surface area contributed by atoms with Crippen molar-refractivity contribution in [2.75, 3.05) is 13.1 Å². The first-order valence-electron chi connectivity index (χ1n) is 12.3. The quantitative estimate of drug-likeness (QED) is 0.544. The molecule has 3 aliphatic rings. The van der Waals surface area contributed by atoms with Gasteiger partial charge >= 0.3 is 0 Å². The van der Waals surface area contributed by atoms with Crippen molar-refractivity contribution in [3.63, 3.8) is 0 Å². The molecule has 0 aromatic carbocycles. The van der Waals surface area contributed by atoms with Gasteiger partial charge in [-0.25, -0.2) is 0 Å². The highest BCUT2D eigenvalue weighted by molar-refractivity contribution is 4.88. The summed E-state index contributed by atoms with van der Waals surface area (Å²) in [5.74, 6) is 4.95. The van der Waals surface area contributed by atoms with Gasteiger partial charge in [0.1, 0.15) is 0 Å². The summed E-state index contributed by atoms with van der Waals surface area (Å²) in [5, 5.41) is 7.71. The molecule has 1 aliphatic heterocycles. The van der Waals surface area contributed by atoms with Gasteiger partial charge in [-0.2, -0.15) is 0 Å². The van der Waals surface area contributed by atoms with E-state index in [-0.39, 0.29) is 0 Å². The summed E-state index contributed by atoms with van der Waals surface area (Å²) in [7, 11) is 0. The molecule has 2 nitrogen and oxygen atoms in total. The molecule has 1 saturated heterocycles. The van der Waals surface area contributed by atoms with Gasteiger partial charge in [0.05, 0.1) is 6.17 Å². The van der Waals surface area contributed by atoms with Gasteiger partial charge in [0.15, 0.2) is 0 Å². The highest BCUT2D eigenvalue weighted by Gasteiger charge is 2.34. The molecule has 3 fully saturated rings. The first-order valence-corrected chi connectivity index (χ1v) is 12.3. The third-order valence-electron chi connectivity index (χ3n) is 8.03. The van der Waals surface area contributed by atoms with E-state index in [0.29, 0.717) is 6.17 Å². The van der Waals surface area contributed by atoms with Crippen LogP contribution in [0.2, 0.25) is 0 Å². The van der Waals surface area contributed by atoms with Crippen LogP contribution in [0.4, 0.5) is 0 Å². The predicted octanol–water partition coefficient (Wildman–Crippen LogP) is 6.11. The van der Waals surface area contributed by atoms with Gasteiger partial charge in [-0.15, -0.1) is 0 Å². The standard InChI is InChI=1S/C24H46N2/c1-3-5-7-19-9-11-21(12-10-19)22-13-15-23(16-14-22)24-25-17-20(18-26-24)8-6-4-2/h19-26H,3-18H2,1-2H3. The first kappa shape index (κ1) is 20.6. The van der Waals surface area contributed by atoms with E-state index in [9.17, 15) is 0 Å². The molecule has 0 atom stereocenters. The average Bonchev–Trinajstić information content (AvgIpc) is 2.72. The van der Waals surface area contributed by atoms with E-state index in [1.807, 2.05) is 0 Å². The Morgan fingerprint density at radius 1 is 0.577 bits per heavy atom. The Morgan fingerprint density at radius 3 is 1.58 bits per heavy atom. The van der Waals surface area contributed by atoms with Crippen molar-refractivity contribution in [1.82, 2.24) is 10.6 Å². The van der Waals surface area contributed by atoms with E-state index < -0.39 is 0 Å². The minimum absolute atomic E-state index is 0.610. The zero-order valence-electron chi connectivity index (χ0n) is 17.8. The molecule has 3 rings (SSSR count). The molecule has 0 amide bonds. The van der Waals surface area contributed by atoms with Crippen LogP contribution in [0.5, 0.6) is 0 Å². The summed E-state index contributed by atoms with van der Waals surface area (Å²) in [4.78, 5) is 0. The van der Waals surface area contributed by atoms with Crippen LogP contribution in [-0.2, 0) is 0 Å². The van der Waals surface area contributed by atoms with E-state index in [1.54, 1.807) is 12.8 Å². The van der Waals surface area contributed by atoms with E-state index >= 15 is 0 Å². The lowest BCUT2D eigenvalue weighted by atomic mass is 9.68. The molecule has 26 heavy (non-hydrogen) atoms. The van der Waals surface area contributed by atoms with E-state index in [1.165, 1.54) is 90.1 Å². The summed E-state index contributed by atoms with van der Waals surface area (Å²) in [6.45, 7) is 7.15. The van der Waals surface area contributed by atoms with Gasteiger partial charge in [0.2, 0.25) is 0 Å². The molecule has 2 N–H and O–H groups in total. The van der Waals surface area contributed by atoms with Gasteiger partial charge < -0.3 is 10.6 Å². The summed E-state index contributed by atoms with van der Waals surface area (Å²) in [6.07, 6.45) is 21.2. The van der Waals surface area contributed by atoms with Crippen LogP contribution >= 0.6 is 0 Å². The molecular weight excluding hydrogens is 316 g/mol. The van der Waals surface area contributed by atoms with Crippen molar-refractivity contribution in [3.05, 3.63) is 0 Å². The smallest absolute Gasteiger partial charge is 0.0600 e. The molecule has 0 radical (unpaired) electrons. The summed E-state index contributed by atoms with van der Waals surface area (Å²) in [5.41, 5.74) is 0. The van der Waals surface area contributed by atoms with Gasteiger partial charge in [0, 0.05) is 13.1 Å². The number of rotatable bonds is 8. The predicted molar refractivity (Wildman–Crippen MR) is 113 cm³/mol. The van der Waals surface area contributed by atoms with Gasteiger partial charge in [-0.3, -0.25) is 0 Å². The molecule has 152 valence electrons. The van der Waals surface area contributed by atoms with Crippen molar-refractivity contribution in [1.29, 1.82) is 0 Å². The number of hydrogen-bond donors (Lipinski definition) is 2.